The molecule has 7 rings (SSSR count). The molecule has 202 valence electrons. The molecule has 1 aliphatic heterocycles. The molecule has 2 aliphatic carbocycles. The van der Waals surface area contributed by atoms with Crippen LogP contribution in [0.25, 0.3) is 22.6 Å². The minimum Gasteiger partial charge on any atom is -0.460 e. The fourth-order valence-corrected chi connectivity index (χ4v) is 6.10. The number of halogens is 5. The van der Waals surface area contributed by atoms with E-state index in [-0.39, 0.29) is 64.7 Å². The molecule has 2 atom stereocenters. The number of benzene rings is 1. The molecule has 12 heteroatoms. The Morgan fingerprint density at radius 2 is 1.62 bits per heavy atom. The van der Waals surface area contributed by atoms with Crippen LogP contribution in [0.15, 0.2) is 41.3 Å². The quantitative estimate of drug-likeness (QED) is 0.297. The van der Waals surface area contributed by atoms with Crippen molar-refractivity contribution in [2.45, 2.75) is 44.3 Å². The minimum atomic E-state index is -4.55. The van der Waals surface area contributed by atoms with Crippen molar-refractivity contribution in [3.8, 4) is 22.6 Å². The molecule has 0 spiro atoms. The third-order valence-corrected chi connectivity index (χ3v) is 8.38. The summed E-state index contributed by atoms with van der Waals surface area (Å²) in [5, 5.41) is 7.71. The molecule has 3 aromatic heterocycles. The van der Waals surface area contributed by atoms with Crippen LogP contribution < -0.4 is 4.90 Å². The lowest BCUT2D eigenvalue weighted by atomic mass is 9.97. The summed E-state index contributed by atoms with van der Waals surface area (Å²) in [6.45, 7) is 4.26. The van der Waals surface area contributed by atoms with Gasteiger partial charge in [0, 0.05) is 42.2 Å². The van der Waals surface area contributed by atoms with Gasteiger partial charge in [-0.1, -0.05) is 0 Å². The standard InChI is InChI=1S/C27H23F5N6O/c1-13-3-6-19(39-13)23-20(14(2)35-25(36-23)26(7-8-26)27(30,31)32)21-17(28)4-5-18(22(21)29)37-9-15-16(10-37)24(15)38-11-33-34-12-38/h3-6,11-12,15-16,24H,7-10H2,1-2H3. The summed E-state index contributed by atoms with van der Waals surface area (Å²) in [4.78, 5) is 10.3. The molecule has 4 aromatic rings. The topological polar surface area (TPSA) is 72.9 Å². The maximum atomic E-state index is 16.2. The van der Waals surface area contributed by atoms with Crippen LogP contribution in [0.2, 0.25) is 0 Å². The maximum absolute atomic E-state index is 16.2. The summed E-state index contributed by atoms with van der Waals surface area (Å²) in [6.07, 6.45) is -1.50. The van der Waals surface area contributed by atoms with Crippen LogP contribution in [0, 0.1) is 37.3 Å². The predicted octanol–water partition coefficient (Wildman–Crippen LogP) is 5.79. The van der Waals surface area contributed by atoms with Crippen LogP contribution >= 0.6 is 0 Å². The summed E-state index contributed by atoms with van der Waals surface area (Å²) in [7, 11) is 0. The Hall–Kier alpha value is -3.83. The second-order valence-corrected chi connectivity index (χ2v) is 10.7. The molecule has 0 N–H and O–H groups in total. The molecule has 4 heterocycles. The number of furan rings is 1. The summed E-state index contributed by atoms with van der Waals surface area (Å²) < 4.78 is 81.1. The van der Waals surface area contributed by atoms with E-state index in [0.29, 0.717) is 18.8 Å². The van der Waals surface area contributed by atoms with Gasteiger partial charge in [-0.15, -0.1) is 10.2 Å². The van der Waals surface area contributed by atoms with Crippen LogP contribution in [-0.2, 0) is 5.41 Å². The van der Waals surface area contributed by atoms with Gasteiger partial charge >= 0.3 is 6.18 Å². The Morgan fingerprint density at radius 3 is 2.21 bits per heavy atom. The molecule has 2 saturated carbocycles. The molecular weight excluding hydrogens is 519 g/mol. The molecule has 0 radical (unpaired) electrons. The summed E-state index contributed by atoms with van der Waals surface area (Å²) in [5.74, 6) is -0.886. The average Bonchev–Trinajstić information content (AvgIpc) is 3.56. The first kappa shape index (κ1) is 24.2. The molecule has 1 saturated heterocycles. The van der Waals surface area contributed by atoms with Crippen molar-refractivity contribution >= 4 is 5.69 Å². The Labute approximate surface area is 219 Å². The maximum Gasteiger partial charge on any atom is 0.401 e. The van der Waals surface area contributed by atoms with Gasteiger partial charge < -0.3 is 13.9 Å². The zero-order valence-corrected chi connectivity index (χ0v) is 21.0. The number of anilines is 1. The first-order valence-electron chi connectivity index (χ1n) is 12.7. The Balaban J connectivity index is 1.32. The van der Waals surface area contributed by atoms with Gasteiger partial charge in [0.25, 0.3) is 0 Å². The fraction of sp³-hybridized carbons (Fsp3) is 0.407. The fourth-order valence-electron chi connectivity index (χ4n) is 6.10. The summed E-state index contributed by atoms with van der Waals surface area (Å²) in [5.41, 5.74) is -2.36. The van der Waals surface area contributed by atoms with Crippen molar-refractivity contribution in [2.24, 2.45) is 11.8 Å². The number of nitrogens with zero attached hydrogens (tertiary/aromatic N) is 6. The Morgan fingerprint density at radius 1 is 0.923 bits per heavy atom. The van der Waals surface area contributed by atoms with Crippen LogP contribution in [0.5, 0.6) is 0 Å². The smallest absolute Gasteiger partial charge is 0.401 e. The van der Waals surface area contributed by atoms with Crippen LogP contribution in [-0.4, -0.2) is 44.0 Å². The third kappa shape index (κ3) is 3.60. The lowest BCUT2D eigenvalue weighted by molar-refractivity contribution is -0.162. The summed E-state index contributed by atoms with van der Waals surface area (Å²) in [6, 6.07) is 5.99. The number of piperidine rings is 1. The molecule has 39 heavy (non-hydrogen) atoms. The first-order valence-corrected chi connectivity index (χ1v) is 12.7. The largest absolute Gasteiger partial charge is 0.460 e. The average molecular weight is 543 g/mol. The minimum absolute atomic E-state index is 0.0188. The monoisotopic (exact) mass is 542 g/mol. The molecular formula is C27H23F5N6O. The van der Waals surface area contributed by atoms with Crippen molar-refractivity contribution in [1.82, 2.24) is 24.7 Å². The lowest BCUT2D eigenvalue weighted by Crippen LogP contribution is -2.31. The summed E-state index contributed by atoms with van der Waals surface area (Å²) >= 11 is 0. The molecule has 0 bridgehead atoms. The van der Waals surface area contributed by atoms with Gasteiger partial charge in [-0.3, -0.25) is 0 Å². The van der Waals surface area contributed by atoms with Crippen LogP contribution in [0.3, 0.4) is 0 Å². The van der Waals surface area contributed by atoms with Crippen molar-refractivity contribution in [3.05, 3.63) is 65.8 Å². The van der Waals surface area contributed by atoms with Crippen molar-refractivity contribution in [2.75, 3.05) is 18.0 Å². The van der Waals surface area contributed by atoms with Crippen LogP contribution in [0.1, 0.15) is 36.2 Å². The van der Waals surface area contributed by atoms with Crippen molar-refractivity contribution in [3.63, 3.8) is 0 Å². The van der Waals surface area contributed by atoms with E-state index in [9.17, 15) is 13.2 Å². The number of aryl methyl sites for hydroxylation is 2. The molecule has 3 fully saturated rings. The van der Waals surface area contributed by atoms with E-state index in [2.05, 4.69) is 20.2 Å². The predicted molar refractivity (Wildman–Crippen MR) is 130 cm³/mol. The highest BCUT2D eigenvalue weighted by Gasteiger charge is 2.66. The highest BCUT2D eigenvalue weighted by atomic mass is 19.4. The zero-order valence-electron chi connectivity index (χ0n) is 21.0. The van der Waals surface area contributed by atoms with Gasteiger partial charge in [-0.25, -0.2) is 18.7 Å². The molecule has 0 amide bonds. The van der Waals surface area contributed by atoms with Gasteiger partial charge in [0.05, 0.1) is 11.3 Å². The number of hydrogen-bond donors (Lipinski definition) is 0. The van der Waals surface area contributed by atoms with E-state index in [4.69, 9.17) is 4.42 Å². The third-order valence-electron chi connectivity index (χ3n) is 8.38. The van der Waals surface area contributed by atoms with Gasteiger partial charge in [0.15, 0.2) is 11.6 Å². The van der Waals surface area contributed by atoms with E-state index in [1.165, 1.54) is 25.1 Å². The number of rotatable bonds is 5. The van der Waals surface area contributed by atoms with Crippen molar-refractivity contribution in [1.29, 1.82) is 0 Å². The molecule has 1 aromatic carbocycles. The number of aromatic nitrogens is 5. The van der Waals surface area contributed by atoms with Gasteiger partial charge in [-0.05, 0) is 51.0 Å². The number of alkyl halides is 3. The second kappa shape index (κ2) is 8.09. The second-order valence-electron chi connectivity index (χ2n) is 10.7. The van der Waals surface area contributed by atoms with E-state index >= 15 is 8.78 Å². The van der Waals surface area contributed by atoms with E-state index < -0.39 is 29.1 Å². The Kier molecular flexibility index (Phi) is 5.03. The van der Waals surface area contributed by atoms with Crippen LogP contribution in [0.4, 0.5) is 27.6 Å². The molecule has 7 nitrogen and oxygen atoms in total. The highest BCUT2D eigenvalue weighted by Crippen LogP contribution is 2.59. The Bertz CT molecular complexity index is 1580. The lowest BCUT2D eigenvalue weighted by Gasteiger charge is -2.25. The first-order chi connectivity index (χ1) is 18.6. The SMILES string of the molecule is Cc1ccc(-c2nc(C3(C(F)(F)F)CC3)nc(C)c2-c2c(F)ccc(N3CC4C(C3)C4n3cnnc3)c2F)o1. The number of fused-ring (bicyclic) bond motifs is 1. The normalized spacial score (nSPS) is 23.3. The van der Waals surface area contributed by atoms with Gasteiger partial charge in [-0.2, -0.15) is 13.2 Å². The molecule has 2 unspecified atom stereocenters. The zero-order chi connectivity index (χ0) is 27.3. The van der Waals surface area contributed by atoms with E-state index in [0.717, 1.165) is 0 Å². The highest BCUT2D eigenvalue weighted by molar-refractivity contribution is 5.83. The number of hydrogen-bond acceptors (Lipinski definition) is 6. The van der Waals surface area contributed by atoms with E-state index in [1.54, 1.807) is 25.6 Å². The van der Waals surface area contributed by atoms with E-state index in [1.807, 2.05) is 9.47 Å². The molecule has 3 aliphatic rings. The van der Waals surface area contributed by atoms with Gasteiger partial charge in [0.2, 0.25) is 0 Å². The van der Waals surface area contributed by atoms with Gasteiger partial charge in [0.1, 0.15) is 41.2 Å². The van der Waals surface area contributed by atoms with Crippen molar-refractivity contribution < 1.29 is 26.4 Å².